The summed E-state index contributed by atoms with van der Waals surface area (Å²) >= 11 is 0. The minimum Gasteiger partial charge on any atom is -0.497 e. The van der Waals surface area contributed by atoms with Gasteiger partial charge in [-0.05, 0) is 25.5 Å². The van der Waals surface area contributed by atoms with Crippen LogP contribution in [0.15, 0.2) is 18.2 Å². The number of ether oxygens (including phenoxy) is 2. The van der Waals surface area contributed by atoms with Crippen molar-refractivity contribution in [2.75, 3.05) is 26.9 Å². The number of benzene rings is 1. The van der Waals surface area contributed by atoms with Gasteiger partial charge in [0, 0.05) is 24.1 Å². The van der Waals surface area contributed by atoms with Crippen LogP contribution in [0.1, 0.15) is 19.4 Å². The summed E-state index contributed by atoms with van der Waals surface area (Å²) in [6, 6.07) is 5.52. The van der Waals surface area contributed by atoms with Crippen LogP contribution < -0.4 is 10.2 Å². The first kappa shape index (κ1) is 15.3. The van der Waals surface area contributed by atoms with Crippen molar-refractivity contribution in [3.05, 3.63) is 23.8 Å². The van der Waals surface area contributed by atoms with E-state index in [4.69, 9.17) is 9.47 Å². The van der Waals surface area contributed by atoms with Crippen molar-refractivity contribution in [3.63, 3.8) is 0 Å². The Morgan fingerprint density at radius 1 is 1.40 bits per heavy atom. The molecule has 2 rings (SSSR count). The van der Waals surface area contributed by atoms with E-state index in [1.54, 1.807) is 12.1 Å². The van der Waals surface area contributed by atoms with Gasteiger partial charge >= 0.3 is 7.12 Å². The smallest absolute Gasteiger partial charge is 0.492 e. The lowest BCUT2D eigenvalue weighted by atomic mass is 9.78. The fourth-order valence-electron chi connectivity index (χ4n) is 2.49. The molecule has 1 aromatic rings. The Morgan fingerprint density at radius 2 is 2.15 bits per heavy atom. The Bertz CT molecular complexity index is 464. The Balaban J connectivity index is 2.19. The molecule has 110 valence electrons. The maximum atomic E-state index is 9.41. The van der Waals surface area contributed by atoms with Gasteiger partial charge in [0.1, 0.15) is 5.75 Å². The Labute approximate surface area is 120 Å². The van der Waals surface area contributed by atoms with Gasteiger partial charge < -0.3 is 19.5 Å². The molecule has 6 heteroatoms. The lowest BCUT2D eigenvalue weighted by molar-refractivity contribution is -0.0552. The Kier molecular flexibility index (Phi) is 4.70. The average molecular weight is 279 g/mol. The number of rotatable bonds is 4. The van der Waals surface area contributed by atoms with Crippen LogP contribution in [0, 0.1) is 0 Å². The van der Waals surface area contributed by atoms with Crippen molar-refractivity contribution < 1.29 is 19.5 Å². The summed E-state index contributed by atoms with van der Waals surface area (Å²) in [6.07, 6.45) is 0. The molecule has 1 saturated heterocycles. The Hall–Kier alpha value is -1.08. The van der Waals surface area contributed by atoms with Crippen molar-refractivity contribution in [1.29, 1.82) is 0 Å². The number of nitrogens with zero attached hydrogens (tertiary/aromatic N) is 1. The van der Waals surface area contributed by atoms with E-state index in [0.717, 1.165) is 25.3 Å². The second kappa shape index (κ2) is 6.14. The summed E-state index contributed by atoms with van der Waals surface area (Å²) in [7, 11) is -0.00556. The van der Waals surface area contributed by atoms with Gasteiger partial charge in [0.05, 0.1) is 20.3 Å². The summed E-state index contributed by atoms with van der Waals surface area (Å²) in [5.74, 6) is 0.491. The molecule has 0 bridgehead atoms. The first-order chi connectivity index (χ1) is 9.44. The van der Waals surface area contributed by atoms with Gasteiger partial charge in [0.15, 0.2) is 0 Å². The molecule has 2 N–H and O–H groups in total. The molecule has 5 nitrogen and oxygen atoms in total. The highest BCUT2D eigenvalue weighted by atomic mass is 16.5. The third kappa shape index (κ3) is 3.33. The molecular formula is C14H22BNO4. The largest absolute Gasteiger partial charge is 0.497 e. The van der Waals surface area contributed by atoms with Gasteiger partial charge in [-0.2, -0.15) is 0 Å². The van der Waals surface area contributed by atoms with E-state index in [-0.39, 0.29) is 5.54 Å². The second-order valence-electron chi connectivity index (χ2n) is 5.74. The van der Waals surface area contributed by atoms with E-state index in [0.29, 0.717) is 17.8 Å². The highest BCUT2D eigenvalue weighted by Gasteiger charge is 2.30. The molecule has 0 aromatic heterocycles. The van der Waals surface area contributed by atoms with Crippen LogP contribution in [0.25, 0.3) is 0 Å². The molecule has 20 heavy (non-hydrogen) atoms. The topological polar surface area (TPSA) is 62.2 Å². The second-order valence-corrected chi connectivity index (χ2v) is 5.74. The zero-order valence-electron chi connectivity index (χ0n) is 12.3. The molecule has 1 fully saturated rings. The Morgan fingerprint density at radius 3 is 2.75 bits per heavy atom. The number of hydrogen-bond acceptors (Lipinski definition) is 5. The van der Waals surface area contributed by atoms with Crippen LogP contribution in [0.2, 0.25) is 0 Å². The van der Waals surface area contributed by atoms with Crippen LogP contribution in [0.4, 0.5) is 0 Å². The maximum Gasteiger partial charge on any atom is 0.492 e. The number of morpholine rings is 1. The predicted octanol–water partition coefficient (Wildman–Crippen LogP) is -0.0142. The van der Waals surface area contributed by atoms with Crippen molar-refractivity contribution in [2.24, 2.45) is 0 Å². The van der Waals surface area contributed by atoms with Crippen molar-refractivity contribution in [2.45, 2.75) is 25.9 Å². The van der Waals surface area contributed by atoms with Crippen molar-refractivity contribution in [3.8, 4) is 5.75 Å². The molecular weight excluding hydrogens is 257 g/mol. The highest BCUT2D eigenvalue weighted by molar-refractivity contribution is 6.59. The van der Waals surface area contributed by atoms with Gasteiger partial charge in [0.2, 0.25) is 0 Å². The van der Waals surface area contributed by atoms with Crippen molar-refractivity contribution in [1.82, 2.24) is 4.90 Å². The number of methoxy groups -OCH3 is 1. The van der Waals surface area contributed by atoms with E-state index >= 15 is 0 Å². The van der Waals surface area contributed by atoms with Crippen LogP contribution in [0.3, 0.4) is 0 Å². The van der Waals surface area contributed by atoms with Crippen LogP contribution in [-0.2, 0) is 11.3 Å². The van der Waals surface area contributed by atoms with Gasteiger partial charge in [-0.3, -0.25) is 4.90 Å². The molecule has 1 aliphatic heterocycles. The quantitative estimate of drug-likeness (QED) is 0.759. The van der Waals surface area contributed by atoms with E-state index < -0.39 is 7.12 Å². The van der Waals surface area contributed by atoms with Crippen LogP contribution >= 0.6 is 0 Å². The fraction of sp³-hybridized carbons (Fsp3) is 0.571. The molecule has 0 atom stereocenters. The molecule has 1 aliphatic rings. The van der Waals surface area contributed by atoms with E-state index in [1.807, 2.05) is 6.07 Å². The maximum absolute atomic E-state index is 9.41. The third-order valence-corrected chi connectivity index (χ3v) is 3.76. The van der Waals surface area contributed by atoms with Crippen molar-refractivity contribution >= 4 is 12.6 Å². The minimum absolute atomic E-state index is 0.0177. The molecule has 0 radical (unpaired) electrons. The normalized spacial score (nSPS) is 18.9. The SMILES string of the molecule is COc1ccc(CN2CCOCC2(C)C)cc1B(O)O. The van der Waals surface area contributed by atoms with E-state index in [9.17, 15) is 10.0 Å². The molecule has 0 aliphatic carbocycles. The summed E-state index contributed by atoms with van der Waals surface area (Å²) in [5.41, 5.74) is 1.41. The third-order valence-electron chi connectivity index (χ3n) is 3.76. The first-order valence-corrected chi connectivity index (χ1v) is 6.80. The fourth-order valence-corrected chi connectivity index (χ4v) is 2.49. The summed E-state index contributed by atoms with van der Waals surface area (Å²) in [4.78, 5) is 2.34. The zero-order valence-corrected chi connectivity index (χ0v) is 12.3. The summed E-state index contributed by atoms with van der Waals surface area (Å²) in [5, 5.41) is 18.8. The molecule has 1 aromatic carbocycles. The molecule has 0 amide bonds. The van der Waals surface area contributed by atoms with E-state index in [2.05, 4.69) is 18.7 Å². The predicted molar refractivity (Wildman–Crippen MR) is 78.1 cm³/mol. The molecule has 0 spiro atoms. The molecule has 0 saturated carbocycles. The van der Waals surface area contributed by atoms with Gasteiger partial charge in [0.25, 0.3) is 0 Å². The first-order valence-electron chi connectivity index (χ1n) is 6.80. The van der Waals surface area contributed by atoms with Gasteiger partial charge in [-0.25, -0.2) is 0 Å². The van der Waals surface area contributed by atoms with Crippen LogP contribution in [-0.4, -0.2) is 54.5 Å². The molecule has 1 heterocycles. The highest BCUT2D eigenvalue weighted by Crippen LogP contribution is 2.22. The average Bonchev–Trinajstić information content (AvgIpc) is 2.41. The van der Waals surface area contributed by atoms with E-state index in [1.165, 1.54) is 7.11 Å². The summed E-state index contributed by atoms with van der Waals surface area (Å²) < 4.78 is 10.6. The van der Waals surface area contributed by atoms with Gasteiger partial charge in [-0.15, -0.1) is 0 Å². The minimum atomic E-state index is -1.53. The standard InChI is InChI=1S/C14H22BNO4/c1-14(2)10-20-7-6-16(14)9-11-4-5-13(19-3)12(8-11)15(17)18/h4-5,8,17-18H,6-7,9-10H2,1-3H3. The zero-order chi connectivity index (χ0) is 14.8. The summed E-state index contributed by atoms with van der Waals surface area (Å²) in [6.45, 7) is 7.36. The monoisotopic (exact) mass is 279 g/mol. The lowest BCUT2D eigenvalue weighted by Crippen LogP contribution is -2.52. The van der Waals surface area contributed by atoms with Crippen LogP contribution in [0.5, 0.6) is 5.75 Å². The molecule has 0 unspecified atom stereocenters. The van der Waals surface area contributed by atoms with Gasteiger partial charge in [-0.1, -0.05) is 12.1 Å². The lowest BCUT2D eigenvalue weighted by Gasteiger charge is -2.42. The number of hydrogen-bond donors (Lipinski definition) is 2.